The van der Waals surface area contributed by atoms with Gasteiger partial charge in [0, 0.05) is 29.8 Å². The third-order valence-electron chi connectivity index (χ3n) is 2.43. The van der Waals surface area contributed by atoms with E-state index in [2.05, 4.69) is 5.32 Å². The lowest BCUT2D eigenvalue weighted by atomic mass is 10.0. The number of nitrogens with two attached hydrogens (primary N) is 1. The minimum absolute atomic E-state index is 0.407. The van der Waals surface area contributed by atoms with E-state index in [1.807, 2.05) is 25.2 Å². The van der Waals surface area contributed by atoms with E-state index in [0.29, 0.717) is 6.04 Å². The molecule has 0 radical (unpaired) electrons. The Morgan fingerprint density at radius 2 is 2.38 bits per heavy atom. The number of hydrogen-bond donors (Lipinski definition) is 2. The van der Waals surface area contributed by atoms with Crippen molar-refractivity contribution in [1.82, 2.24) is 5.32 Å². The molecule has 1 aromatic rings. The zero-order valence-electron chi connectivity index (χ0n) is 7.71. The van der Waals surface area contributed by atoms with Gasteiger partial charge < -0.3 is 15.8 Å². The number of fused-ring (bicyclic) bond motifs is 1. The van der Waals surface area contributed by atoms with Gasteiger partial charge in [-0.15, -0.1) is 0 Å². The van der Waals surface area contributed by atoms with Crippen molar-refractivity contribution in [1.29, 1.82) is 0 Å². The van der Waals surface area contributed by atoms with E-state index < -0.39 is 0 Å². The fourth-order valence-electron chi connectivity index (χ4n) is 1.71. The largest absolute Gasteiger partial charge is 0.493 e. The second-order valence-corrected chi connectivity index (χ2v) is 3.28. The fraction of sp³-hybridized carbons (Fsp3) is 0.400. The van der Waals surface area contributed by atoms with Crippen LogP contribution in [0.1, 0.15) is 18.0 Å². The van der Waals surface area contributed by atoms with E-state index in [0.717, 1.165) is 24.5 Å². The molecule has 1 aromatic carbocycles. The van der Waals surface area contributed by atoms with Crippen molar-refractivity contribution in [3.8, 4) is 5.75 Å². The average molecular weight is 178 g/mol. The van der Waals surface area contributed by atoms with Crippen molar-refractivity contribution < 1.29 is 4.74 Å². The number of hydrogen-bond acceptors (Lipinski definition) is 3. The molecule has 1 heterocycles. The lowest BCUT2D eigenvalue weighted by Crippen LogP contribution is -2.23. The summed E-state index contributed by atoms with van der Waals surface area (Å²) < 4.78 is 5.52. The summed E-state index contributed by atoms with van der Waals surface area (Å²) >= 11 is 0. The van der Waals surface area contributed by atoms with E-state index >= 15 is 0 Å². The van der Waals surface area contributed by atoms with Gasteiger partial charge >= 0.3 is 0 Å². The highest BCUT2D eigenvalue weighted by molar-refractivity contribution is 5.50. The van der Waals surface area contributed by atoms with Crippen molar-refractivity contribution in [3.05, 3.63) is 23.8 Å². The first-order chi connectivity index (χ1) is 6.31. The second-order valence-electron chi connectivity index (χ2n) is 3.28. The van der Waals surface area contributed by atoms with Gasteiger partial charge in [-0.2, -0.15) is 0 Å². The number of ether oxygens (including phenoxy) is 1. The lowest BCUT2D eigenvalue weighted by Gasteiger charge is -2.25. The summed E-state index contributed by atoms with van der Waals surface area (Å²) in [5, 5.41) is 3.26. The van der Waals surface area contributed by atoms with Crippen LogP contribution in [0.3, 0.4) is 0 Å². The Labute approximate surface area is 77.9 Å². The number of rotatable bonds is 1. The molecule has 0 aromatic heterocycles. The molecular weight excluding hydrogens is 164 g/mol. The van der Waals surface area contributed by atoms with Crippen molar-refractivity contribution in [2.24, 2.45) is 0 Å². The second kappa shape index (κ2) is 3.26. The molecule has 1 atom stereocenters. The highest BCUT2D eigenvalue weighted by Gasteiger charge is 2.19. The zero-order valence-corrected chi connectivity index (χ0v) is 7.71. The van der Waals surface area contributed by atoms with E-state index in [1.54, 1.807) is 0 Å². The Morgan fingerprint density at radius 3 is 3.15 bits per heavy atom. The van der Waals surface area contributed by atoms with Crippen molar-refractivity contribution in [2.75, 3.05) is 19.4 Å². The molecule has 3 N–H and O–H groups in total. The molecule has 0 saturated heterocycles. The van der Waals surface area contributed by atoms with Crippen LogP contribution in [0.25, 0.3) is 0 Å². The van der Waals surface area contributed by atoms with Crippen LogP contribution in [-0.4, -0.2) is 13.7 Å². The van der Waals surface area contributed by atoms with Gasteiger partial charge in [-0.05, 0) is 13.1 Å². The number of nitrogens with one attached hydrogen (secondary N) is 1. The maximum atomic E-state index is 5.67. The molecular formula is C10H14N2O. The predicted octanol–water partition coefficient (Wildman–Crippen LogP) is 1.31. The van der Waals surface area contributed by atoms with E-state index in [4.69, 9.17) is 10.5 Å². The Balaban J connectivity index is 2.40. The highest BCUT2D eigenvalue weighted by Crippen LogP contribution is 2.32. The van der Waals surface area contributed by atoms with Crippen molar-refractivity contribution in [3.63, 3.8) is 0 Å². The fourth-order valence-corrected chi connectivity index (χ4v) is 1.71. The van der Waals surface area contributed by atoms with E-state index in [-0.39, 0.29) is 0 Å². The lowest BCUT2D eigenvalue weighted by molar-refractivity contribution is 0.257. The van der Waals surface area contributed by atoms with Gasteiger partial charge in [-0.3, -0.25) is 0 Å². The zero-order chi connectivity index (χ0) is 9.26. The van der Waals surface area contributed by atoms with Crippen LogP contribution >= 0.6 is 0 Å². The molecule has 1 aliphatic rings. The first kappa shape index (κ1) is 8.38. The monoisotopic (exact) mass is 178 g/mol. The van der Waals surface area contributed by atoms with Crippen LogP contribution < -0.4 is 15.8 Å². The predicted molar refractivity (Wildman–Crippen MR) is 52.8 cm³/mol. The summed E-state index contributed by atoms with van der Waals surface area (Å²) in [5.41, 5.74) is 7.64. The van der Waals surface area contributed by atoms with Crippen molar-refractivity contribution in [2.45, 2.75) is 12.5 Å². The SMILES string of the molecule is CNC1CCOc2cc(N)ccc21. The number of anilines is 1. The Kier molecular flexibility index (Phi) is 2.10. The molecule has 1 unspecified atom stereocenters. The van der Waals surface area contributed by atoms with Crippen LogP contribution in [0.4, 0.5) is 5.69 Å². The molecule has 0 bridgehead atoms. The number of nitrogen functional groups attached to an aromatic ring is 1. The summed E-state index contributed by atoms with van der Waals surface area (Å²) in [5.74, 6) is 0.922. The highest BCUT2D eigenvalue weighted by atomic mass is 16.5. The molecule has 13 heavy (non-hydrogen) atoms. The molecule has 3 nitrogen and oxygen atoms in total. The molecule has 2 rings (SSSR count). The average Bonchev–Trinajstić information content (AvgIpc) is 2.16. The summed E-state index contributed by atoms with van der Waals surface area (Å²) in [6, 6.07) is 6.24. The first-order valence-corrected chi connectivity index (χ1v) is 4.51. The quantitative estimate of drug-likeness (QED) is 0.637. The molecule has 0 amide bonds. The van der Waals surface area contributed by atoms with E-state index in [1.165, 1.54) is 5.56 Å². The molecule has 0 aliphatic carbocycles. The smallest absolute Gasteiger partial charge is 0.126 e. The minimum atomic E-state index is 0.407. The van der Waals surface area contributed by atoms with Gasteiger partial charge in [0.2, 0.25) is 0 Å². The molecule has 70 valence electrons. The molecule has 0 saturated carbocycles. The van der Waals surface area contributed by atoms with Crippen LogP contribution in [0.5, 0.6) is 5.75 Å². The number of benzene rings is 1. The van der Waals surface area contributed by atoms with Crippen LogP contribution in [0.15, 0.2) is 18.2 Å². The molecule has 0 fully saturated rings. The first-order valence-electron chi connectivity index (χ1n) is 4.51. The normalized spacial score (nSPS) is 20.5. The maximum absolute atomic E-state index is 5.67. The van der Waals surface area contributed by atoms with Crippen LogP contribution in [-0.2, 0) is 0 Å². The van der Waals surface area contributed by atoms with Gasteiger partial charge in [0.1, 0.15) is 5.75 Å². The topological polar surface area (TPSA) is 47.3 Å². The minimum Gasteiger partial charge on any atom is -0.493 e. The van der Waals surface area contributed by atoms with Crippen LogP contribution in [0.2, 0.25) is 0 Å². The maximum Gasteiger partial charge on any atom is 0.126 e. The molecule has 1 aliphatic heterocycles. The standard InChI is InChI=1S/C10H14N2O/c1-12-9-4-5-13-10-6-7(11)2-3-8(9)10/h2-3,6,9,12H,4-5,11H2,1H3. The van der Waals surface area contributed by atoms with Crippen LogP contribution in [0, 0.1) is 0 Å². The van der Waals surface area contributed by atoms with Gasteiger partial charge in [0.25, 0.3) is 0 Å². The van der Waals surface area contributed by atoms with Crippen molar-refractivity contribution >= 4 is 5.69 Å². The van der Waals surface area contributed by atoms with Gasteiger partial charge in [0.05, 0.1) is 6.61 Å². The summed E-state index contributed by atoms with van der Waals surface area (Å²) in [6.07, 6.45) is 1.02. The summed E-state index contributed by atoms with van der Waals surface area (Å²) in [4.78, 5) is 0. The van der Waals surface area contributed by atoms with Gasteiger partial charge in [-0.1, -0.05) is 6.07 Å². The van der Waals surface area contributed by atoms with Gasteiger partial charge in [0.15, 0.2) is 0 Å². The summed E-state index contributed by atoms with van der Waals surface area (Å²) in [6.45, 7) is 0.766. The molecule has 3 heteroatoms. The Hall–Kier alpha value is -1.22. The Morgan fingerprint density at radius 1 is 1.54 bits per heavy atom. The Bertz CT molecular complexity index is 312. The third-order valence-corrected chi connectivity index (χ3v) is 2.43. The van der Waals surface area contributed by atoms with E-state index in [9.17, 15) is 0 Å². The molecule has 0 spiro atoms. The van der Waals surface area contributed by atoms with Gasteiger partial charge in [-0.25, -0.2) is 0 Å². The summed E-state index contributed by atoms with van der Waals surface area (Å²) in [7, 11) is 1.97. The third kappa shape index (κ3) is 1.47.